The molecule has 1 nitrogen and oxygen atoms in total. The first-order chi connectivity index (χ1) is 7.78. The Bertz CT molecular complexity index is 461. The molecule has 84 valence electrons. The lowest BCUT2D eigenvalue weighted by atomic mass is 9.76. The third-order valence-corrected chi connectivity index (χ3v) is 5.11. The van der Waals surface area contributed by atoms with Gasteiger partial charge in [-0.3, -0.25) is 0 Å². The van der Waals surface area contributed by atoms with Crippen molar-refractivity contribution in [3.63, 3.8) is 0 Å². The molecule has 0 bridgehead atoms. The van der Waals surface area contributed by atoms with Gasteiger partial charge in [-0.05, 0) is 25.0 Å². The highest BCUT2D eigenvalue weighted by Gasteiger charge is 2.31. The van der Waals surface area contributed by atoms with Crippen LogP contribution in [0.2, 0.25) is 0 Å². The zero-order valence-corrected chi connectivity index (χ0v) is 10.5. The van der Waals surface area contributed by atoms with Crippen LogP contribution in [0.25, 0.3) is 10.2 Å². The summed E-state index contributed by atoms with van der Waals surface area (Å²) in [6, 6.07) is 8.49. The Hall–Kier alpha value is -0.890. The summed E-state index contributed by atoms with van der Waals surface area (Å²) in [4.78, 5) is 4.83. The number of fused-ring (bicyclic) bond motifs is 1. The highest BCUT2D eigenvalue weighted by Crippen LogP contribution is 2.41. The molecule has 1 aromatic heterocycles. The summed E-state index contributed by atoms with van der Waals surface area (Å²) in [6.07, 6.45) is 6.76. The maximum atomic E-state index is 4.83. The van der Waals surface area contributed by atoms with Crippen molar-refractivity contribution < 1.29 is 0 Å². The Balaban J connectivity index is 2.04. The molecule has 0 spiro atoms. The van der Waals surface area contributed by atoms with Crippen LogP contribution in [0, 0.1) is 0 Å². The van der Waals surface area contributed by atoms with Gasteiger partial charge < -0.3 is 0 Å². The van der Waals surface area contributed by atoms with E-state index in [4.69, 9.17) is 4.98 Å². The molecule has 0 aliphatic heterocycles. The molecule has 0 radical (unpaired) electrons. The van der Waals surface area contributed by atoms with Gasteiger partial charge in [0.2, 0.25) is 0 Å². The van der Waals surface area contributed by atoms with Crippen molar-refractivity contribution >= 4 is 21.6 Å². The summed E-state index contributed by atoms with van der Waals surface area (Å²) in [5, 5.41) is 1.36. The fraction of sp³-hybridized carbons (Fsp3) is 0.500. The Morgan fingerprint density at radius 2 is 1.88 bits per heavy atom. The quantitative estimate of drug-likeness (QED) is 0.703. The maximum Gasteiger partial charge on any atom is 0.0997 e. The first-order valence-corrected chi connectivity index (χ1v) is 6.96. The van der Waals surface area contributed by atoms with E-state index in [0.717, 1.165) is 0 Å². The van der Waals surface area contributed by atoms with Crippen molar-refractivity contribution in [2.45, 2.75) is 44.4 Å². The van der Waals surface area contributed by atoms with Gasteiger partial charge >= 0.3 is 0 Å². The average molecular weight is 231 g/mol. The largest absolute Gasteiger partial charge is 0.241 e. The van der Waals surface area contributed by atoms with E-state index in [1.807, 2.05) is 11.3 Å². The van der Waals surface area contributed by atoms with E-state index >= 15 is 0 Å². The third-order valence-electron chi connectivity index (χ3n) is 3.77. The van der Waals surface area contributed by atoms with Crippen molar-refractivity contribution in [3.8, 4) is 0 Å². The van der Waals surface area contributed by atoms with Gasteiger partial charge in [0.1, 0.15) is 0 Å². The molecule has 16 heavy (non-hydrogen) atoms. The van der Waals surface area contributed by atoms with E-state index in [2.05, 4.69) is 31.2 Å². The predicted octanol–water partition coefficient (Wildman–Crippen LogP) is 4.52. The predicted molar refractivity (Wildman–Crippen MR) is 70.1 cm³/mol. The van der Waals surface area contributed by atoms with Crippen LogP contribution in [0.5, 0.6) is 0 Å². The van der Waals surface area contributed by atoms with Crippen LogP contribution in [0.3, 0.4) is 0 Å². The standard InChI is InChI=1S/C14H17NS/c1-14(9-5-2-6-10-14)13-15-11-7-3-4-8-12(11)16-13/h3-4,7-8H,2,5-6,9-10H2,1H3. The van der Waals surface area contributed by atoms with E-state index in [0.29, 0.717) is 5.41 Å². The zero-order chi connectivity index (χ0) is 11.0. The molecule has 1 heterocycles. The van der Waals surface area contributed by atoms with Crippen molar-refractivity contribution in [1.29, 1.82) is 0 Å². The minimum absolute atomic E-state index is 0.349. The van der Waals surface area contributed by atoms with E-state index in [1.165, 1.54) is 47.3 Å². The number of thiazole rings is 1. The molecule has 1 fully saturated rings. The van der Waals surface area contributed by atoms with Gasteiger partial charge in [0.05, 0.1) is 15.2 Å². The summed E-state index contributed by atoms with van der Waals surface area (Å²) < 4.78 is 1.34. The van der Waals surface area contributed by atoms with Gasteiger partial charge in [0.15, 0.2) is 0 Å². The minimum atomic E-state index is 0.349. The Kier molecular flexibility index (Phi) is 2.47. The van der Waals surface area contributed by atoms with Crippen LogP contribution in [0.4, 0.5) is 0 Å². The van der Waals surface area contributed by atoms with Crippen molar-refractivity contribution in [3.05, 3.63) is 29.3 Å². The third kappa shape index (κ3) is 1.65. The molecule has 2 aromatic rings. The lowest BCUT2D eigenvalue weighted by Crippen LogP contribution is -2.24. The molecule has 0 saturated heterocycles. The van der Waals surface area contributed by atoms with Gasteiger partial charge in [-0.2, -0.15) is 0 Å². The maximum absolute atomic E-state index is 4.83. The minimum Gasteiger partial charge on any atom is -0.241 e. The second-order valence-corrected chi connectivity index (χ2v) is 6.14. The van der Waals surface area contributed by atoms with Crippen molar-refractivity contribution in [1.82, 2.24) is 4.98 Å². The lowest BCUT2D eigenvalue weighted by Gasteiger charge is -2.31. The first-order valence-electron chi connectivity index (χ1n) is 6.14. The number of nitrogens with zero attached hydrogens (tertiary/aromatic N) is 1. The summed E-state index contributed by atoms with van der Waals surface area (Å²) in [5.74, 6) is 0. The van der Waals surface area contributed by atoms with Crippen molar-refractivity contribution in [2.24, 2.45) is 0 Å². The smallest absolute Gasteiger partial charge is 0.0997 e. The molecule has 0 unspecified atom stereocenters. The fourth-order valence-electron chi connectivity index (χ4n) is 2.68. The van der Waals surface area contributed by atoms with Crippen LogP contribution in [-0.2, 0) is 5.41 Å². The Morgan fingerprint density at radius 1 is 1.12 bits per heavy atom. The highest BCUT2D eigenvalue weighted by molar-refractivity contribution is 7.18. The molecule has 1 aliphatic rings. The SMILES string of the molecule is CC1(c2nc3ccccc3s2)CCCCC1. The summed E-state index contributed by atoms with van der Waals surface area (Å²) in [7, 11) is 0. The first kappa shape index (κ1) is 10.3. The topological polar surface area (TPSA) is 12.9 Å². The average Bonchev–Trinajstić information content (AvgIpc) is 2.74. The molecule has 0 atom stereocenters. The van der Waals surface area contributed by atoms with Gasteiger partial charge in [-0.25, -0.2) is 4.98 Å². The molecule has 1 saturated carbocycles. The van der Waals surface area contributed by atoms with Gasteiger partial charge in [-0.1, -0.05) is 38.3 Å². The van der Waals surface area contributed by atoms with Gasteiger partial charge in [0.25, 0.3) is 0 Å². The van der Waals surface area contributed by atoms with Gasteiger partial charge in [0, 0.05) is 5.41 Å². The van der Waals surface area contributed by atoms with Crippen LogP contribution in [0.15, 0.2) is 24.3 Å². The summed E-state index contributed by atoms with van der Waals surface area (Å²) in [6.45, 7) is 2.39. The van der Waals surface area contributed by atoms with E-state index in [-0.39, 0.29) is 0 Å². The fourth-order valence-corrected chi connectivity index (χ4v) is 3.84. The van der Waals surface area contributed by atoms with Crippen LogP contribution in [-0.4, -0.2) is 4.98 Å². The second-order valence-electron chi connectivity index (χ2n) is 5.11. The monoisotopic (exact) mass is 231 g/mol. The molecular weight excluding hydrogens is 214 g/mol. The molecule has 2 heteroatoms. The highest BCUT2D eigenvalue weighted by atomic mass is 32.1. The molecule has 0 N–H and O–H groups in total. The van der Waals surface area contributed by atoms with Crippen LogP contribution >= 0.6 is 11.3 Å². The normalized spacial score (nSPS) is 20.1. The molecule has 1 aromatic carbocycles. The van der Waals surface area contributed by atoms with Crippen LogP contribution < -0.4 is 0 Å². The van der Waals surface area contributed by atoms with E-state index in [9.17, 15) is 0 Å². The van der Waals surface area contributed by atoms with E-state index in [1.54, 1.807) is 0 Å². The number of para-hydroxylation sites is 1. The van der Waals surface area contributed by atoms with Crippen molar-refractivity contribution in [2.75, 3.05) is 0 Å². The molecule has 3 rings (SSSR count). The zero-order valence-electron chi connectivity index (χ0n) is 9.70. The summed E-state index contributed by atoms with van der Waals surface area (Å²) in [5.41, 5.74) is 1.52. The second kappa shape index (κ2) is 3.85. The lowest BCUT2D eigenvalue weighted by molar-refractivity contribution is 0.319. The number of hydrogen-bond donors (Lipinski definition) is 0. The van der Waals surface area contributed by atoms with Crippen LogP contribution in [0.1, 0.15) is 44.0 Å². The number of benzene rings is 1. The molecular formula is C14H17NS. The van der Waals surface area contributed by atoms with E-state index < -0.39 is 0 Å². The number of aromatic nitrogens is 1. The molecule has 0 amide bonds. The Labute approximate surface area is 101 Å². The summed E-state index contributed by atoms with van der Waals surface area (Å²) >= 11 is 1.89. The van der Waals surface area contributed by atoms with Gasteiger partial charge in [-0.15, -0.1) is 11.3 Å². The number of hydrogen-bond acceptors (Lipinski definition) is 2. The Morgan fingerprint density at radius 3 is 2.62 bits per heavy atom. The molecule has 1 aliphatic carbocycles. The number of rotatable bonds is 1.